The Morgan fingerprint density at radius 3 is 2.17 bits per heavy atom. The SMILES string of the molecule is C/C=C/C=C/C=C/C=C/C#CCCCCCCCCC(=O)OC. The van der Waals surface area contributed by atoms with Gasteiger partial charge in [-0.15, -0.1) is 0 Å². The van der Waals surface area contributed by atoms with Crippen LogP contribution in [-0.2, 0) is 9.53 Å². The molecule has 0 unspecified atom stereocenters. The van der Waals surface area contributed by atoms with Crippen molar-refractivity contribution in [2.24, 2.45) is 0 Å². The van der Waals surface area contributed by atoms with Gasteiger partial charge in [-0.2, -0.15) is 0 Å². The van der Waals surface area contributed by atoms with Crippen LogP contribution in [-0.4, -0.2) is 13.1 Å². The molecule has 0 aromatic heterocycles. The highest BCUT2D eigenvalue weighted by Crippen LogP contribution is 2.08. The summed E-state index contributed by atoms with van der Waals surface area (Å²) in [5.74, 6) is 6.11. The molecule has 0 aliphatic heterocycles. The first-order chi connectivity index (χ1) is 11.3. The first-order valence-electron chi connectivity index (χ1n) is 8.47. The highest BCUT2D eigenvalue weighted by atomic mass is 16.5. The van der Waals surface area contributed by atoms with Crippen LogP contribution in [0.2, 0.25) is 0 Å². The monoisotopic (exact) mass is 314 g/mol. The van der Waals surface area contributed by atoms with Gasteiger partial charge in [0, 0.05) is 12.8 Å². The summed E-state index contributed by atoms with van der Waals surface area (Å²) in [7, 11) is 1.44. The second-order valence-corrected chi connectivity index (χ2v) is 5.17. The van der Waals surface area contributed by atoms with Crippen molar-refractivity contribution in [1.29, 1.82) is 0 Å². The molecule has 0 radical (unpaired) electrons. The van der Waals surface area contributed by atoms with Crippen LogP contribution in [0.4, 0.5) is 0 Å². The summed E-state index contributed by atoms with van der Waals surface area (Å²) in [4.78, 5) is 10.9. The van der Waals surface area contributed by atoms with Gasteiger partial charge in [-0.25, -0.2) is 0 Å². The molecule has 0 rings (SSSR count). The molecule has 0 heterocycles. The van der Waals surface area contributed by atoms with Crippen LogP contribution in [0.3, 0.4) is 0 Å². The Bertz CT molecular complexity index is 456. The van der Waals surface area contributed by atoms with Crippen molar-refractivity contribution in [1.82, 2.24) is 0 Å². The predicted octanol–water partition coefficient (Wildman–Crippen LogP) is 5.53. The first-order valence-corrected chi connectivity index (χ1v) is 8.47. The van der Waals surface area contributed by atoms with Gasteiger partial charge in [0.05, 0.1) is 7.11 Å². The van der Waals surface area contributed by atoms with E-state index in [9.17, 15) is 4.79 Å². The number of ether oxygens (including phenoxy) is 1. The molecule has 0 N–H and O–H groups in total. The van der Waals surface area contributed by atoms with E-state index in [0.717, 1.165) is 25.7 Å². The lowest BCUT2D eigenvalue weighted by Gasteiger charge is -2.00. The van der Waals surface area contributed by atoms with Crippen LogP contribution in [0.25, 0.3) is 0 Å². The van der Waals surface area contributed by atoms with Crippen molar-refractivity contribution in [3.05, 3.63) is 48.6 Å². The molecule has 2 nitrogen and oxygen atoms in total. The minimum atomic E-state index is -0.100. The summed E-state index contributed by atoms with van der Waals surface area (Å²) in [5, 5.41) is 0. The fraction of sp³-hybridized carbons (Fsp3) is 0.476. The number of rotatable bonds is 11. The van der Waals surface area contributed by atoms with Gasteiger partial charge in [0.2, 0.25) is 0 Å². The maximum Gasteiger partial charge on any atom is 0.305 e. The number of hydrogen-bond acceptors (Lipinski definition) is 2. The van der Waals surface area contributed by atoms with Crippen molar-refractivity contribution in [3.8, 4) is 11.8 Å². The Morgan fingerprint density at radius 1 is 0.870 bits per heavy atom. The van der Waals surface area contributed by atoms with Crippen LogP contribution in [0.1, 0.15) is 58.3 Å². The molecule has 0 bridgehead atoms. The van der Waals surface area contributed by atoms with Crippen LogP contribution in [0.15, 0.2) is 48.6 Å². The molecule has 0 atom stereocenters. The van der Waals surface area contributed by atoms with E-state index in [4.69, 9.17) is 0 Å². The second kappa shape index (κ2) is 18.0. The molecule has 0 saturated carbocycles. The molecule has 23 heavy (non-hydrogen) atoms. The van der Waals surface area contributed by atoms with E-state index in [0.29, 0.717) is 6.42 Å². The molecule has 2 heteroatoms. The number of carbonyl (C=O) groups excluding carboxylic acids is 1. The van der Waals surface area contributed by atoms with Gasteiger partial charge in [0.1, 0.15) is 0 Å². The molecule has 0 aliphatic carbocycles. The number of unbranched alkanes of at least 4 members (excludes halogenated alkanes) is 6. The second-order valence-electron chi connectivity index (χ2n) is 5.17. The smallest absolute Gasteiger partial charge is 0.305 e. The van der Waals surface area contributed by atoms with Crippen LogP contribution < -0.4 is 0 Å². The van der Waals surface area contributed by atoms with Crippen LogP contribution in [0.5, 0.6) is 0 Å². The van der Waals surface area contributed by atoms with Crippen LogP contribution >= 0.6 is 0 Å². The molecular weight excluding hydrogens is 284 g/mol. The fourth-order valence-corrected chi connectivity index (χ4v) is 1.89. The lowest BCUT2D eigenvalue weighted by Crippen LogP contribution is -1.99. The summed E-state index contributed by atoms with van der Waals surface area (Å²) in [5.41, 5.74) is 0. The third-order valence-electron chi connectivity index (χ3n) is 3.19. The van der Waals surface area contributed by atoms with E-state index in [1.54, 1.807) is 0 Å². The highest BCUT2D eigenvalue weighted by molar-refractivity contribution is 5.68. The van der Waals surface area contributed by atoms with Gasteiger partial charge in [0.25, 0.3) is 0 Å². The number of methoxy groups -OCH3 is 1. The predicted molar refractivity (Wildman–Crippen MR) is 99.0 cm³/mol. The number of esters is 1. The topological polar surface area (TPSA) is 26.3 Å². The Balaban J connectivity index is 3.43. The summed E-state index contributed by atoms with van der Waals surface area (Å²) < 4.78 is 4.61. The zero-order chi connectivity index (χ0) is 17.0. The average molecular weight is 314 g/mol. The van der Waals surface area contributed by atoms with E-state index in [2.05, 4.69) is 16.6 Å². The maximum absolute atomic E-state index is 10.9. The first kappa shape index (κ1) is 21.0. The van der Waals surface area contributed by atoms with Gasteiger partial charge in [-0.3, -0.25) is 4.79 Å². The average Bonchev–Trinajstić information content (AvgIpc) is 2.57. The van der Waals surface area contributed by atoms with Gasteiger partial charge < -0.3 is 4.74 Å². The van der Waals surface area contributed by atoms with Gasteiger partial charge >= 0.3 is 5.97 Å². The normalized spacial score (nSPS) is 11.6. The molecular formula is C21H30O2. The third-order valence-corrected chi connectivity index (χ3v) is 3.19. The molecule has 0 aromatic rings. The molecule has 0 amide bonds. The summed E-state index contributed by atoms with van der Waals surface area (Å²) in [6.07, 6.45) is 24.1. The summed E-state index contributed by atoms with van der Waals surface area (Å²) >= 11 is 0. The van der Waals surface area contributed by atoms with E-state index in [1.165, 1.54) is 26.4 Å². The van der Waals surface area contributed by atoms with Crippen molar-refractivity contribution < 1.29 is 9.53 Å². The Morgan fingerprint density at radius 2 is 1.48 bits per heavy atom. The zero-order valence-electron chi connectivity index (χ0n) is 14.6. The number of allylic oxidation sites excluding steroid dienone is 8. The number of carbonyl (C=O) groups is 1. The highest BCUT2D eigenvalue weighted by Gasteiger charge is 1.98. The Kier molecular flexibility index (Phi) is 16.5. The summed E-state index contributed by atoms with van der Waals surface area (Å²) in [6.45, 7) is 1.99. The minimum Gasteiger partial charge on any atom is -0.469 e. The summed E-state index contributed by atoms with van der Waals surface area (Å²) in [6, 6.07) is 0. The molecule has 0 saturated heterocycles. The third kappa shape index (κ3) is 17.9. The quantitative estimate of drug-likeness (QED) is 0.217. The van der Waals surface area contributed by atoms with Gasteiger partial charge in [-0.1, -0.05) is 80.1 Å². The Labute approximate surface area is 142 Å². The molecule has 0 spiro atoms. The molecule has 126 valence electrons. The largest absolute Gasteiger partial charge is 0.469 e. The lowest BCUT2D eigenvalue weighted by molar-refractivity contribution is -0.140. The van der Waals surface area contributed by atoms with E-state index in [1.807, 2.05) is 55.5 Å². The molecule has 0 aromatic carbocycles. The Hall–Kier alpha value is -2.01. The van der Waals surface area contributed by atoms with Crippen molar-refractivity contribution >= 4 is 5.97 Å². The lowest BCUT2D eigenvalue weighted by atomic mass is 10.1. The number of hydrogen-bond donors (Lipinski definition) is 0. The molecule has 0 fully saturated rings. The minimum absolute atomic E-state index is 0.100. The van der Waals surface area contributed by atoms with E-state index >= 15 is 0 Å². The zero-order valence-corrected chi connectivity index (χ0v) is 14.6. The van der Waals surface area contributed by atoms with Crippen molar-refractivity contribution in [2.45, 2.75) is 58.3 Å². The van der Waals surface area contributed by atoms with E-state index < -0.39 is 0 Å². The fourth-order valence-electron chi connectivity index (χ4n) is 1.89. The maximum atomic E-state index is 10.9. The van der Waals surface area contributed by atoms with Gasteiger partial charge in [0.15, 0.2) is 0 Å². The molecule has 0 aliphatic rings. The van der Waals surface area contributed by atoms with Crippen molar-refractivity contribution in [3.63, 3.8) is 0 Å². The van der Waals surface area contributed by atoms with Crippen molar-refractivity contribution in [2.75, 3.05) is 7.11 Å². The standard InChI is InChI=1S/C21H30O2/c1-3-4-5-6-7-8-9-10-11-12-13-14-15-16-17-18-19-20-21(22)23-2/h3-10H,13-20H2,1-2H3/b4-3+,6-5+,8-7+,10-9+. The van der Waals surface area contributed by atoms with Gasteiger partial charge in [-0.05, 0) is 25.8 Å². The van der Waals surface area contributed by atoms with Crippen LogP contribution in [0, 0.1) is 11.8 Å². The van der Waals surface area contributed by atoms with E-state index in [-0.39, 0.29) is 5.97 Å².